The molecular weight excluding hydrogens is 533 g/mol. The van der Waals surface area contributed by atoms with Crippen molar-refractivity contribution in [3.05, 3.63) is 109 Å². The van der Waals surface area contributed by atoms with Gasteiger partial charge in [0.1, 0.15) is 17.5 Å². The van der Waals surface area contributed by atoms with E-state index in [-0.39, 0.29) is 11.6 Å². The van der Waals surface area contributed by atoms with Gasteiger partial charge in [0.2, 0.25) is 11.9 Å². The first-order valence-corrected chi connectivity index (χ1v) is 12.7. The minimum absolute atomic E-state index is 0.0810. The summed E-state index contributed by atoms with van der Waals surface area (Å²) in [6.07, 6.45) is 5.24. The molecule has 1 saturated heterocycles. The van der Waals surface area contributed by atoms with Crippen LogP contribution in [-0.2, 0) is 9.53 Å². The molecule has 212 valence electrons. The Balaban J connectivity index is 1.62. The number of anilines is 4. The number of aromatic nitrogens is 2. The molecule has 8 nitrogen and oxygen atoms in total. The molecule has 1 amide bonds. The Morgan fingerprint density at radius 3 is 2.59 bits per heavy atom. The number of halogens is 3. The van der Waals surface area contributed by atoms with E-state index in [0.29, 0.717) is 60.3 Å². The number of allylic oxidation sites excluding steroid dienone is 4. The van der Waals surface area contributed by atoms with Crippen LogP contribution in [-0.4, -0.2) is 47.1 Å². The van der Waals surface area contributed by atoms with Crippen molar-refractivity contribution in [2.75, 3.05) is 42.3 Å². The van der Waals surface area contributed by atoms with Crippen LogP contribution >= 0.6 is 0 Å². The molecule has 2 heterocycles. The molecule has 1 aromatic heterocycles. The van der Waals surface area contributed by atoms with Gasteiger partial charge in [-0.15, -0.1) is 0 Å². The highest BCUT2D eigenvalue weighted by Gasteiger charge is 2.15. The van der Waals surface area contributed by atoms with Gasteiger partial charge in [-0.05, 0) is 61.5 Å². The van der Waals surface area contributed by atoms with E-state index in [9.17, 15) is 18.0 Å². The van der Waals surface area contributed by atoms with Gasteiger partial charge in [-0.1, -0.05) is 19.2 Å². The second kappa shape index (κ2) is 13.4. The van der Waals surface area contributed by atoms with Crippen molar-refractivity contribution in [2.45, 2.75) is 6.92 Å². The largest absolute Gasteiger partial charge is 0.378 e. The third-order valence-electron chi connectivity index (χ3n) is 6.11. The molecular formula is C30H29F3N6O2. The molecule has 0 bridgehead atoms. The van der Waals surface area contributed by atoms with Crippen molar-refractivity contribution in [3.63, 3.8) is 0 Å². The summed E-state index contributed by atoms with van der Waals surface area (Å²) in [4.78, 5) is 22.6. The number of benzene rings is 2. The topological polar surface area (TPSA) is 91.4 Å². The number of carbonyl (C=O) groups excluding carboxylic acids is 1. The summed E-state index contributed by atoms with van der Waals surface area (Å²) in [7, 11) is 0. The fourth-order valence-electron chi connectivity index (χ4n) is 3.96. The first-order chi connectivity index (χ1) is 19.7. The highest BCUT2D eigenvalue weighted by molar-refractivity contribution is 5.99. The van der Waals surface area contributed by atoms with Crippen LogP contribution in [0.3, 0.4) is 0 Å². The number of nitrogens with one attached hydrogen (secondary N) is 3. The van der Waals surface area contributed by atoms with Crippen molar-refractivity contribution in [1.82, 2.24) is 14.9 Å². The van der Waals surface area contributed by atoms with E-state index in [1.54, 1.807) is 19.1 Å². The maximum atomic E-state index is 14.7. The Morgan fingerprint density at radius 2 is 1.85 bits per heavy atom. The zero-order valence-corrected chi connectivity index (χ0v) is 22.4. The molecule has 4 rings (SSSR count). The van der Waals surface area contributed by atoms with Crippen LogP contribution in [0.4, 0.5) is 36.2 Å². The summed E-state index contributed by atoms with van der Waals surface area (Å²) in [6.45, 7) is 11.3. The van der Waals surface area contributed by atoms with Gasteiger partial charge in [0.05, 0.1) is 36.5 Å². The van der Waals surface area contributed by atoms with Crippen molar-refractivity contribution < 1.29 is 22.7 Å². The molecule has 0 radical (unpaired) electrons. The molecule has 1 aliphatic rings. The predicted octanol–water partition coefficient (Wildman–Crippen LogP) is 6.30. The normalized spacial score (nSPS) is 13.9. The summed E-state index contributed by atoms with van der Waals surface area (Å²) < 4.78 is 48.3. The van der Waals surface area contributed by atoms with Gasteiger partial charge >= 0.3 is 0 Å². The van der Waals surface area contributed by atoms with Gasteiger partial charge in [-0.3, -0.25) is 4.79 Å². The van der Waals surface area contributed by atoms with Crippen LogP contribution in [0.1, 0.15) is 6.92 Å². The van der Waals surface area contributed by atoms with Gasteiger partial charge in [0, 0.05) is 35.7 Å². The van der Waals surface area contributed by atoms with E-state index < -0.39 is 23.4 Å². The lowest BCUT2D eigenvalue weighted by Crippen LogP contribution is -2.35. The van der Waals surface area contributed by atoms with Gasteiger partial charge in [-0.25, -0.2) is 23.1 Å². The third kappa shape index (κ3) is 7.83. The summed E-state index contributed by atoms with van der Waals surface area (Å²) in [6, 6.07) is 9.87. The molecule has 0 spiro atoms. The van der Waals surface area contributed by atoms with E-state index in [4.69, 9.17) is 4.74 Å². The molecule has 0 aliphatic carbocycles. The van der Waals surface area contributed by atoms with E-state index in [0.717, 1.165) is 6.08 Å². The van der Waals surface area contributed by atoms with Crippen molar-refractivity contribution in [1.29, 1.82) is 0 Å². The van der Waals surface area contributed by atoms with Crippen LogP contribution in [0.5, 0.6) is 0 Å². The quantitative estimate of drug-likeness (QED) is 0.197. The Kier molecular flexibility index (Phi) is 9.54. The lowest BCUT2D eigenvalue weighted by atomic mass is 10.1. The first kappa shape index (κ1) is 29.1. The Bertz CT molecular complexity index is 1520. The number of carbonyl (C=O) groups is 1. The van der Waals surface area contributed by atoms with E-state index in [2.05, 4.69) is 39.1 Å². The van der Waals surface area contributed by atoms with E-state index in [1.807, 2.05) is 4.90 Å². The smallest absolute Gasteiger partial charge is 0.247 e. The minimum atomic E-state index is -0.656. The predicted molar refractivity (Wildman–Crippen MR) is 154 cm³/mol. The Labute approximate surface area is 236 Å². The van der Waals surface area contributed by atoms with Crippen molar-refractivity contribution >= 4 is 28.9 Å². The van der Waals surface area contributed by atoms with Crippen LogP contribution in [0.15, 0.2) is 97.3 Å². The molecule has 1 fully saturated rings. The van der Waals surface area contributed by atoms with Crippen molar-refractivity contribution in [2.24, 2.45) is 0 Å². The van der Waals surface area contributed by atoms with Gasteiger partial charge in [-0.2, -0.15) is 0 Å². The summed E-state index contributed by atoms with van der Waals surface area (Å²) in [5.74, 6) is -1.98. The van der Waals surface area contributed by atoms with E-state index >= 15 is 0 Å². The lowest BCUT2D eigenvalue weighted by Gasteiger charge is -2.29. The van der Waals surface area contributed by atoms with Crippen LogP contribution < -0.4 is 16.0 Å². The molecule has 41 heavy (non-hydrogen) atoms. The highest BCUT2D eigenvalue weighted by atomic mass is 19.1. The number of morpholine rings is 1. The molecule has 1 aliphatic heterocycles. The van der Waals surface area contributed by atoms with Gasteiger partial charge in [0.15, 0.2) is 0 Å². The maximum Gasteiger partial charge on any atom is 0.247 e. The van der Waals surface area contributed by atoms with E-state index in [1.165, 1.54) is 48.7 Å². The number of hydrogen-bond donors (Lipinski definition) is 3. The average Bonchev–Trinajstić information content (AvgIpc) is 2.98. The molecule has 0 unspecified atom stereocenters. The Hall–Kier alpha value is -4.90. The summed E-state index contributed by atoms with van der Waals surface area (Å²) in [5.41, 5.74) is 2.28. The number of rotatable bonds is 10. The Morgan fingerprint density at radius 1 is 1.07 bits per heavy atom. The fraction of sp³-hybridized carbons (Fsp3) is 0.167. The average molecular weight is 563 g/mol. The van der Waals surface area contributed by atoms with Gasteiger partial charge in [0.25, 0.3) is 0 Å². The summed E-state index contributed by atoms with van der Waals surface area (Å²) >= 11 is 0. The molecule has 0 saturated carbocycles. The number of ether oxygens (including phenoxy) is 1. The minimum Gasteiger partial charge on any atom is -0.378 e. The SMILES string of the molecule is C=CC(=O)Nc1cc(-c2nc(NC(=C)/C=C\C(F)=C(/C)N3CCOCC3)ncc2Nc2cccc(F)c2)ccc1F. The van der Waals surface area contributed by atoms with Crippen LogP contribution in [0.2, 0.25) is 0 Å². The zero-order valence-electron chi connectivity index (χ0n) is 22.4. The standard InChI is InChI=1S/C30H29F3N6O2/c1-4-28(40)37-26-16-21(9-11-25(26)33)29-27(36-23-7-5-6-22(31)17-23)18-34-30(38-29)35-19(2)8-10-24(32)20(3)39-12-14-41-15-13-39/h4-11,16-18,36H,1-2,12-15H2,3H3,(H,37,40)(H,34,35,38)/b10-8-,24-20-. The maximum absolute atomic E-state index is 14.7. The van der Waals surface area contributed by atoms with Gasteiger partial charge < -0.3 is 25.6 Å². The van der Waals surface area contributed by atoms with Crippen LogP contribution in [0, 0.1) is 11.6 Å². The second-order valence-corrected chi connectivity index (χ2v) is 9.00. The fourth-order valence-corrected chi connectivity index (χ4v) is 3.96. The molecule has 3 N–H and O–H groups in total. The molecule has 2 aromatic carbocycles. The highest BCUT2D eigenvalue weighted by Crippen LogP contribution is 2.32. The molecule has 3 aromatic rings. The lowest BCUT2D eigenvalue weighted by molar-refractivity contribution is -0.111. The second-order valence-electron chi connectivity index (χ2n) is 9.00. The number of nitrogens with zero attached hydrogens (tertiary/aromatic N) is 3. The van der Waals surface area contributed by atoms with Crippen molar-refractivity contribution in [3.8, 4) is 11.3 Å². The first-order valence-electron chi connectivity index (χ1n) is 12.7. The summed E-state index contributed by atoms with van der Waals surface area (Å²) in [5, 5.41) is 8.41. The number of amides is 1. The monoisotopic (exact) mass is 562 g/mol. The molecule has 11 heteroatoms. The third-order valence-corrected chi connectivity index (χ3v) is 6.11. The van der Waals surface area contributed by atoms with Crippen LogP contribution in [0.25, 0.3) is 11.3 Å². The zero-order chi connectivity index (χ0) is 29.4. The molecule has 0 atom stereocenters. The number of hydrogen-bond acceptors (Lipinski definition) is 7.